The van der Waals surface area contributed by atoms with E-state index >= 15 is 0 Å². The number of amides is 1. The van der Waals surface area contributed by atoms with Crippen molar-refractivity contribution in [3.05, 3.63) is 35.4 Å². The van der Waals surface area contributed by atoms with Gasteiger partial charge in [0.05, 0.1) is 6.61 Å². The van der Waals surface area contributed by atoms with Gasteiger partial charge in [-0.2, -0.15) is 0 Å². The molecule has 4 heteroatoms. The Morgan fingerprint density at radius 1 is 1.47 bits per heavy atom. The Kier molecular flexibility index (Phi) is 4.93. The van der Waals surface area contributed by atoms with E-state index in [-0.39, 0.29) is 11.9 Å². The third kappa shape index (κ3) is 3.55. The Balaban J connectivity index is 2.06. The van der Waals surface area contributed by atoms with Gasteiger partial charge in [0.25, 0.3) is 5.91 Å². The van der Waals surface area contributed by atoms with Gasteiger partial charge in [-0.05, 0) is 37.9 Å². The molecule has 0 saturated carbocycles. The number of carbonyl (C=O) groups is 1. The zero-order valence-corrected chi connectivity index (χ0v) is 11.6. The van der Waals surface area contributed by atoms with Crippen molar-refractivity contribution in [3.63, 3.8) is 0 Å². The standard InChI is InChI=1S/C15H22N2O2/c1-11-14(8-5-9-16-11)17-15(18)13-7-4-3-6-12(13)10-19-2/h3-4,6-7,11,14,16H,5,8-10H2,1-2H3,(H,17,18). The minimum Gasteiger partial charge on any atom is -0.380 e. The monoisotopic (exact) mass is 262 g/mol. The van der Waals surface area contributed by atoms with Crippen LogP contribution >= 0.6 is 0 Å². The molecule has 4 nitrogen and oxygen atoms in total. The molecule has 1 saturated heterocycles. The van der Waals surface area contributed by atoms with E-state index in [1.54, 1.807) is 7.11 Å². The van der Waals surface area contributed by atoms with Crippen LogP contribution < -0.4 is 10.6 Å². The third-order valence-electron chi connectivity index (χ3n) is 3.64. The van der Waals surface area contributed by atoms with Crippen LogP contribution in [0.15, 0.2) is 24.3 Å². The van der Waals surface area contributed by atoms with E-state index in [4.69, 9.17) is 4.74 Å². The Morgan fingerprint density at radius 2 is 2.26 bits per heavy atom. The Morgan fingerprint density at radius 3 is 3.00 bits per heavy atom. The number of methoxy groups -OCH3 is 1. The van der Waals surface area contributed by atoms with Crippen LogP contribution in [0.3, 0.4) is 0 Å². The van der Waals surface area contributed by atoms with Crippen LogP contribution in [0.5, 0.6) is 0 Å². The molecule has 0 aliphatic carbocycles. The summed E-state index contributed by atoms with van der Waals surface area (Å²) in [7, 11) is 1.64. The average Bonchev–Trinajstić information content (AvgIpc) is 2.42. The molecule has 1 amide bonds. The predicted octanol–water partition coefficient (Wildman–Crippen LogP) is 1.70. The molecule has 0 radical (unpaired) electrons. The summed E-state index contributed by atoms with van der Waals surface area (Å²) in [6.07, 6.45) is 2.14. The lowest BCUT2D eigenvalue weighted by atomic mass is 9.99. The molecule has 1 aliphatic rings. The first-order valence-corrected chi connectivity index (χ1v) is 6.83. The summed E-state index contributed by atoms with van der Waals surface area (Å²) >= 11 is 0. The first kappa shape index (κ1) is 14.0. The average molecular weight is 262 g/mol. The van der Waals surface area contributed by atoms with Gasteiger partial charge < -0.3 is 15.4 Å². The van der Waals surface area contributed by atoms with Gasteiger partial charge in [-0.1, -0.05) is 18.2 Å². The summed E-state index contributed by atoms with van der Waals surface area (Å²) < 4.78 is 5.14. The molecule has 1 aromatic rings. The van der Waals surface area contributed by atoms with E-state index in [1.165, 1.54) is 0 Å². The maximum Gasteiger partial charge on any atom is 0.251 e. The predicted molar refractivity (Wildman–Crippen MR) is 75.1 cm³/mol. The van der Waals surface area contributed by atoms with Crippen LogP contribution in [0.25, 0.3) is 0 Å². The number of ether oxygens (including phenoxy) is 1. The molecule has 1 heterocycles. The van der Waals surface area contributed by atoms with Gasteiger partial charge in [0.2, 0.25) is 0 Å². The van der Waals surface area contributed by atoms with E-state index in [2.05, 4.69) is 17.6 Å². The Labute approximate surface area is 114 Å². The summed E-state index contributed by atoms with van der Waals surface area (Å²) in [5, 5.41) is 6.52. The van der Waals surface area contributed by atoms with Crippen LogP contribution in [0.2, 0.25) is 0 Å². The number of hydrogen-bond donors (Lipinski definition) is 2. The molecular weight excluding hydrogens is 240 g/mol. The van der Waals surface area contributed by atoms with Crippen molar-refractivity contribution in [2.45, 2.75) is 38.5 Å². The van der Waals surface area contributed by atoms with E-state index < -0.39 is 0 Å². The first-order valence-electron chi connectivity index (χ1n) is 6.83. The molecular formula is C15H22N2O2. The van der Waals surface area contributed by atoms with Crippen LogP contribution in [0, 0.1) is 0 Å². The zero-order chi connectivity index (χ0) is 13.7. The van der Waals surface area contributed by atoms with Gasteiger partial charge in [0.1, 0.15) is 0 Å². The zero-order valence-electron chi connectivity index (χ0n) is 11.6. The fourth-order valence-electron chi connectivity index (χ4n) is 2.51. The minimum atomic E-state index is -0.00630. The second kappa shape index (κ2) is 6.68. The lowest BCUT2D eigenvalue weighted by Gasteiger charge is -2.30. The molecule has 1 fully saturated rings. The molecule has 0 bridgehead atoms. The summed E-state index contributed by atoms with van der Waals surface area (Å²) in [5.74, 6) is -0.00630. The SMILES string of the molecule is COCc1ccccc1C(=O)NC1CCCNC1C. The lowest BCUT2D eigenvalue weighted by Crippen LogP contribution is -2.52. The Hall–Kier alpha value is -1.39. The summed E-state index contributed by atoms with van der Waals surface area (Å²) in [6, 6.07) is 8.13. The van der Waals surface area contributed by atoms with Gasteiger partial charge in [0, 0.05) is 24.8 Å². The molecule has 19 heavy (non-hydrogen) atoms. The van der Waals surface area contributed by atoms with Crippen LogP contribution in [0.4, 0.5) is 0 Å². The summed E-state index contributed by atoms with van der Waals surface area (Å²) in [6.45, 7) is 3.61. The first-order chi connectivity index (χ1) is 9.22. The molecule has 2 N–H and O–H groups in total. The van der Waals surface area contributed by atoms with Crippen molar-refractivity contribution in [3.8, 4) is 0 Å². The van der Waals surface area contributed by atoms with E-state index in [0.717, 1.165) is 24.9 Å². The van der Waals surface area contributed by atoms with Crippen LogP contribution in [-0.4, -0.2) is 31.6 Å². The highest BCUT2D eigenvalue weighted by Crippen LogP contribution is 2.13. The van der Waals surface area contributed by atoms with Crippen molar-refractivity contribution >= 4 is 5.91 Å². The van der Waals surface area contributed by atoms with Crippen molar-refractivity contribution in [2.24, 2.45) is 0 Å². The smallest absolute Gasteiger partial charge is 0.251 e. The molecule has 2 atom stereocenters. The van der Waals surface area contributed by atoms with Crippen molar-refractivity contribution in [2.75, 3.05) is 13.7 Å². The second-order valence-electron chi connectivity index (χ2n) is 5.06. The third-order valence-corrected chi connectivity index (χ3v) is 3.64. The molecule has 1 aliphatic heterocycles. The molecule has 1 aromatic carbocycles. The maximum absolute atomic E-state index is 12.4. The number of carbonyl (C=O) groups excluding carboxylic acids is 1. The van der Waals surface area contributed by atoms with E-state index in [1.807, 2.05) is 24.3 Å². The van der Waals surface area contributed by atoms with Crippen LogP contribution in [0.1, 0.15) is 35.7 Å². The molecule has 104 valence electrons. The molecule has 2 unspecified atom stereocenters. The van der Waals surface area contributed by atoms with Crippen molar-refractivity contribution in [1.29, 1.82) is 0 Å². The number of piperidine rings is 1. The normalized spacial score (nSPS) is 23.1. The highest BCUT2D eigenvalue weighted by molar-refractivity contribution is 5.95. The van der Waals surface area contributed by atoms with E-state index in [9.17, 15) is 4.79 Å². The van der Waals surface area contributed by atoms with E-state index in [0.29, 0.717) is 18.2 Å². The highest BCUT2D eigenvalue weighted by Gasteiger charge is 2.23. The number of hydrogen-bond acceptors (Lipinski definition) is 3. The van der Waals surface area contributed by atoms with Gasteiger partial charge in [-0.3, -0.25) is 4.79 Å². The quantitative estimate of drug-likeness (QED) is 0.868. The molecule has 0 aromatic heterocycles. The highest BCUT2D eigenvalue weighted by atomic mass is 16.5. The summed E-state index contributed by atoms with van der Waals surface area (Å²) in [4.78, 5) is 12.4. The number of nitrogens with one attached hydrogen (secondary N) is 2. The second-order valence-corrected chi connectivity index (χ2v) is 5.06. The summed E-state index contributed by atoms with van der Waals surface area (Å²) in [5.41, 5.74) is 1.64. The van der Waals surface area contributed by atoms with Gasteiger partial charge >= 0.3 is 0 Å². The van der Waals surface area contributed by atoms with Crippen molar-refractivity contribution in [1.82, 2.24) is 10.6 Å². The fraction of sp³-hybridized carbons (Fsp3) is 0.533. The lowest BCUT2D eigenvalue weighted by molar-refractivity contribution is 0.0915. The van der Waals surface area contributed by atoms with Gasteiger partial charge in [-0.25, -0.2) is 0 Å². The van der Waals surface area contributed by atoms with Gasteiger partial charge in [-0.15, -0.1) is 0 Å². The molecule has 2 rings (SSSR count). The fourth-order valence-corrected chi connectivity index (χ4v) is 2.51. The van der Waals surface area contributed by atoms with Crippen LogP contribution in [-0.2, 0) is 11.3 Å². The maximum atomic E-state index is 12.4. The number of rotatable bonds is 4. The van der Waals surface area contributed by atoms with Gasteiger partial charge in [0.15, 0.2) is 0 Å². The Bertz CT molecular complexity index is 434. The van der Waals surface area contributed by atoms with Crippen molar-refractivity contribution < 1.29 is 9.53 Å². The topological polar surface area (TPSA) is 50.4 Å². The number of benzene rings is 1. The minimum absolute atomic E-state index is 0.00630. The molecule has 0 spiro atoms. The largest absolute Gasteiger partial charge is 0.380 e.